The molecule has 1 heterocycles. The molecule has 2 rings (SSSR count). The van der Waals surface area contributed by atoms with Crippen molar-refractivity contribution in [3.8, 4) is 17.1 Å². The number of benzene rings is 1. The lowest BCUT2D eigenvalue weighted by atomic mass is 10.2. The zero-order chi connectivity index (χ0) is 15.2. The van der Waals surface area contributed by atoms with Crippen molar-refractivity contribution >= 4 is 22.6 Å². The normalized spacial score (nSPS) is 10.6. The highest BCUT2D eigenvalue weighted by Crippen LogP contribution is 2.21. The van der Waals surface area contributed by atoms with Crippen molar-refractivity contribution in [2.24, 2.45) is 0 Å². The summed E-state index contributed by atoms with van der Waals surface area (Å²) >= 11 is 1.98. The number of aromatic amines is 1. The minimum atomic E-state index is -0.160. The lowest BCUT2D eigenvalue weighted by Gasteiger charge is -2.08. The maximum Gasteiger partial charge on any atom is 0.264 e. The van der Waals surface area contributed by atoms with Crippen LogP contribution in [0.15, 0.2) is 29.1 Å². The molecule has 1 aromatic carbocycles. The molecule has 112 valence electrons. The summed E-state index contributed by atoms with van der Waals surface area (Å²) in [6, 6.07) is 7.53. The third-order valence-corrected chi connectivity index (χ3v) is 3.91. The van der Waals surface area contributed by atoms with Crippen molar-refractivity contribution in [1.29, 1.82) is 0 Å². The predicted octanol–water partition coefficient (Wildman–Crippen LogP) is 2.98. The quantitative estimate of drug-likeness (QED) is 0.758. The maximum absolute atomic E-state index is 12.0. The van der Waals surface area contributed by atoms with Gasteiger partial charge in [-0.2, -0.15) is 0 Å². The van der Waals surface area contributed by atoms with Crippen LogP contribution in [0.5, 0.6) is 5.75 Å². The van der Waals surface area contributed by atoms with E-state index in [1.165, 1.54) is 0 Å². The van der Waals surface area contributed by atoms with Gasteiger partial charge < -0.3 is 14.5 Å². The molecule has 0 spiro atoms. The Labute approximate surface area is 136 Å². The summed E-state index contributed by atoms with van der Waals surface area (Å²) in [6.07, 6.45) is 0.945. The molecule has 1 N–H and O–H groups in total. The molecular weight excluding hydrogens is 383 g/mol. The first-order valence-electron chi connectivity index (χ1n) is 6.66. The third-order valence-electron chi connectivity index (χ3n) is 2.79. The summed E-state index contributed by atoms with van der Waals surface area (Å²) in [5, 5.41) is 0. The second-order valence-corrected chi connectivity index (χ2v) is 5.56. The second-order valence-electron chi connectivity index (χ2n) is 4.48. The van der Waals surface area contributed by atoms with Gasteiger partial charge in [-0.15, -0.1) is 0 Å². The number of hydrogen-bond donors (Lipinski definition) is 1. The maximum atomic E-state index is 12.0. The van der Waals surface area contributed by atoms with E-state index in [1.807, 2.05) is 46.9 Å². The molecule has 6 heteroatoms. The predicted molar refractivity (Wildman–Crippen MR) is 89.5 cm³/mol. The molecule has 5 nitrogen and oxygen atoms in total. The summed E-state index contributed by atoms with van der Waals surface area (Å²) in [7, 11) is 1.58. The van der Waals surface area contributed by atoms with E-state index in [9.17, 15) is 4.79 Å². The van der Waals surface area contributed by atoms with Gasteiger partial charge in [0.2, 0.25) is 0 Å². The van der Waals surface area contributed by atoms with Crippen LogP contribution >= 0.6 is 22.6 Å². The van der Waals surface area contributed by atoms with Gasteiger partial charge >= 0.3 is 0 Å². The number of H-pyrrole nitrogens is 1. The topological polar surface area (TPSA) is 64.2 Å². The highest BCUT2D eigenvalue weighted by Gasteiger charge is 2.10. The van der Waals surface area contributed by atoms with Gasteiger partial charge in [0.05, 0.1) is 18.9 Å². The van der Waals surface area contributed by atoms with E-state index in [0.29, 0.717) is 28.3 Å². The van der Waals surface area contributed by atoms with Crippen molar-refractivity contribution in [2.75, 3.05) is 13.7 Å². The number of methoxy groups -OCH3 is 1. The van der Waals surface area contributed by atoms with Crippen LogP contribution in [0.25, 0.3) is 11.4 Å². The Morgan fingerprint density at radius 3 is 2.90 bits per heavy atom. The smallest absolute Gasteiger partial charge is 0.264 e. The largest absolute Gasteiger partial charge is 0.494 e. The fourth-order valence-electron chi connectivity index (χ4n) is 1.83. The Hall–Kier alpha value is -1.41. The van der Waals surface area contributed by atoms with E-state index in [1.54, 1.807) is 7.11 Å². The molecule has 21 heavy (non-hydrogen) atoms. The highest BCUT2D eigenvalue weighted by atomic mass is 127. The molecule has 0 bridgehead atoms. The standard InChI is InChI=1S/C15H17IN2O3/c1-3-7-21-11-6-4-5-10(8-11)14-17-12(9-20-2)13(16)15(19)18-14/h4-6,8H,3,7,9H2,1-2H3,(H,17,18,19). The monoisotopic (exact) mass is 400 g/mol. The van der Waals surface area contributed by atoms with Gasteiger partial charge in [-0.1, -0.05) is 19.1 Å². The first-order chi connectivity index (χ1) is 10.2. The molecule has 0 aliphatic carbocycles. The number of hydrogen-bond acceptors (Lipinski definition) is 4. The van der Waals surface area contributed by atoms with Gasteiger partial charge in [-0.05, 0) is 41.1 Å². The first-order valence-corrected chi connectivity index (χ1v) is 7.74. The lowest BCUT2D eigenvalue weighted by Crippen LogP contribution is -2.16. The number of rotatable bonds is 6. The van der Waals surface area contributed by atoms with Crippen LogP contribution in [0.2, 0.25) is 0 Å². The average Bonchev–Trinajstić information content (AvgIpc) is 2.50. The van der Waals surface area contributed by atoms with Crippen molar-refractivity contribution < 1.29 is 9.47 Å². The molecular formula is C15H17IN2O3. The Morgan fingerprint density at radius 1 is 1.38 bits per heavy atom. The van der Waals surface area contributed by atoms with Crippen LogP contribution in [-0.2, 0) is 11.3 Å². The first kappa shape index (κ1) is 16.0. The fourth-order valence-corrected chi connectivity index (χ4v) is 2.24. The van der Waals surface area contributed by atoms with E-state index in [4.69, 9.17) is 9.47 Å². The minimum Gasteiger partial charge on any atom is -0.494 e. The Bertz CT molecular complexity index is 670. The van der Waals surface area contributed by atoms with Gasteiger partial charge in [-0.25, -0.2) is 4.98 Å². The Balaban J connectivity index is 2.39. The van der Waals surface area contributed by atoms with Gasteiger partial charge in [0.25, 0.3) is 5.56 Å². The van der Waals surface area contributed by atoms with Crippen LogP contribution < -0.4 is 10.3 Å². The van der Waals surface area contributed by atoms with Gasteiger partial charge in [0.1, 0.15) is 15.1 Å². The molecule has 0 saturated carbocycles. The number of halogens is 1. The molecule has 1 aromatic heterocycles. The molecule has 0 aliphatic rings. The van der Waals surface area contributed by atoms with E-state index in [-0.39, 0.29) is 5.56 Å². The van der Waals surface area contributed by atoms with E-state index in [2.05, 4.69) is 16.9 Å². The summed E-state index contributed by atoms with van der Waals surface area (Å²) in [5.74, 6) is 1.29. The molecule has 2 aromatic rings. The third kappa shape index (κ3) is 4.04. The van der Waals surface area contributed by atoms with E-state index in [0.717, 1.165) is 17.7 Å². The SMILES string of the molecule is CCCOc1cccc(-c2nc(COC)c(I)c(=O)[nH]2)c1. The Kier molecular flexibility index (Phi) is 5.75. The average molecular weight is 400 g/mol. The zero-order valence-corrected chi connectivity index (χ0v) is 14.1. The molecule has 0 unspecified atom stereocenters. The summed E-state index contributed by atoms with van der Waals surface area (Å²) in [6.45, 7) is 3.02. The van der Waals surface area contributed by atoms with Crippen LogP contribution in [0.4, 0.5) is 0 Å². The van der Waals surface area contributed by atoms with Crippen molar-refractivity contribution in [1.82, 2.24) is 9.97 Å². The van der Waals surface area contributed by atoms with Gasteiger partial charge in [0, 0.05) is 12.7 Å². The van der Waals surface area contributed by atoms with Crippen molar-refractivity contribution in [3.63, 3.8) is 0 Å². The molecule has 0 radical (unpaired) electrons. The van der Waals surface area contributed by atoms with Crippen LogP contribution in [0, 0.1) is 3.57 Å². The highest BCUT2D eigenvalue weighted by molar-refractivity contribution is 14.1. The van der Waals surface area contributed by atoms with E-state index >= 15 is 0 Å². The molecule has 0 amide bonds. The van der Waals surface area contributed by atoms with Gasteiger partial charge in [0.15, 0.2) is 0 Å². The zero-order valence-electron chi connectivity index (χ0n) is 12.0. The molecule has 0 saturated heterocycles. The number of aromatic nitrogens is 2. The van der Waals surface area contributed by atoms with Crippen molar-refractivity contribution in [3.05, 3.63) is 43.9 Å². The Morgan fingerprint density at radius 2 is 2.19 bits per heavy atom. The summed E-state index contributed by atoms with van der Waals surface area (Å²) < 4.78 is 11.2. The number of nitrogens with one attached hydrogen (secondary N) is 1. The lowest BCUT2D eigenvalue weighted by molar-refractivity contribution is 0.180. The van der Waals surface area contributed by atoms with Gasteiger partial charge in [-0.3, -0.25) is 4.79 Å². The molecule has 0 aliphatic heterocycles. The second kappa shape index (κ2) is 7.56. The molecule has 0 atom stereocenters. The van der Waals surface area contributed by atoms with E-state index < -0.39 is 0 Å². The molecule has 0 fully saturated rings. The number of ether oxygens (including phenoxy) is 2. The number of nitrogens with zero attached hydrogens (tertiary/aromatic N) is 1. The van der Waals surface area contributed by atoms with Crippen LogP contribution in [-0.4, -0.2) is 23.7 Å². The fraction of sp³-hybridized carbons (Fsp3) is 0.333. The summed E-state index contributed by atoms with van der Waals surface area (Å²) in [5.41, 5.74) is 1.29. The van der Waals surface area contributed by atoms with Crippen LogP contribution in [0.1, 0.15) is 19.0 Å². The van der Waals surface area contributed by atoms with Crippen LogP contribution in [0.3, 0.4) is 0 Å². The summed E-state index contributed by atoms with van der Waals surface area (Å²) in [4.78, 5) is 19.2. The van der Waals surface area contributed by atoms with Crippen molar-refractivity contribution in [2.45, 2.75) is 20.0 Å². The minimum absolute atomic E-state index is 0.160.